The first-order valence-electron chi connectivity index (χ1n) is 6.37. The highest BCUT2D eigenvalue weighted by atomic mass is 79.9. The predicted molar refractivity (Wildman–Crippen MR) is 78.7 cm³/mol. The van der Waals surface area contributed by atoms with Crippen molar-refractivity contribution in [1.82, 2.24) is 10.3 Å². The van der Waals surface area contributed by atoms with E-state index in [0.717, 1.165) is 22.2 Å². The van der Waals surface area contributed by atoms with Crippen molar-refractivity contribution in [2.45, 2.75) is 13.0 Å². The molecule has 1 N–H and O–H groups in total. The van der Waals surface area contributed by atoms with Gasteiger partial charge in [-0.1, -0.05) is 22.0 Å². The fourth-order valence-corrected chi connectivity index (χ4v) is 2.79. The zero-order chi connectivity index (χ0) is 13.9. The highest BCUT2D eigenvalue weighted by molar-refractivity contribution is 9.10. The summed E-state index contributed by atoms with van der Waals surface area (Å²) in [6.07, 6.45) is 2.52. The van der Waals surface area contributed by atoms with Crippen LogP contribution in [0.4, 0.5) is 0 Å². The van der Waals surface area contributed by atoms with Gasteiger partial charge in [0, 0.05) is 29.2 Å². The summed E-state index contributed by atoms with van der Waals surface area (Å²) in [5.74, 6) is 0.715. The van der Waals surface area contributed by atoms with Crippen molar-refractivity contribution >= 4 is 21.8 Å². The number of benzene rings is 1. The van der Waals surface area contributed by atoms with Crippen molar-refractivity contribution in [2.75, 3.05) is 6.61 Å². The van der Waals surface area contributed by atoms with Crippen LogP contribution in [0.5, 0.6) is 5.75 Å². The summed E-state index contributed by atoms with van der Waals surface area (Å²) in [5, 5.41) is 2.87. The van der Waals surface area contributed by atoms with Gasteiger partial charge in [-0.05, 0) is 29.8 Å². The van der Waals surface area contributed by atoms with Crippen LogP contribution in [0.15, 0.2) is 41.0 Å². The van der Waals surface area contributed by atoms with E-state index in [1.54, 1.807) is 24.4 Å². The van der Waals surface area contributed by atoms with Gasteiger partial charge in [-0.3, -0.25) is 9.78 Å². The Morgan fingerprint density at radius 3 is 3.10 bits per heavy atom. The largest absolute Gasteiger partial charge is 0.493 e. The Morgan fingerprint density at radius 1 is 1.40 bits per heavy atom. The SMILES string of the molecule is O=C(NCc1cc(Br)cc2c1OCC2)c1ccccn1. The van der Waals surface area contributed by atoms with E-state index in [-0.39, 0.29) is 5.91 Å². The van der Waals surface area contributed by atoms with E-state index in [1.807, 2.05) is 6.07 Å². The number of halogens is 1. The summed E-state index contributed by atoms with van der Waals surface area (Å²) >= 11 is 3.49. The molecule has 3 rings (SSSR count). The van der Waals surface area contributed by atoms with Crippen LogP contribution < -0.4 is 10.1 Å². The standard InChI is InChI=1S/C15H13BrN2O2/c16-12-7-10-4-6-20-14(10)11(8-12)9-18-15(19)13-3-1-2-5-17-13/h1-3,5,7-8H,4,6,9H2,(H,18,19). The van der Waals surface area contributed by atoms with Crippen LogP contribution in [0.2, 0.25) is 0 Å². The van der Waals surface area contributed by atoms with E-state index in [0.29, 0.717) is 18.8 Å². The molecule has 0 bridgehead atoms. The Kier molecular flexibility index (Phi) is 3.69. The van der Waals surface area contributed by atoms with Gasteiger partial charge in [0.1, 0.15) is 11.4 Å². The molecular formula is C15H13BrN2O2. The van der Waals surface area contributed by atoms with E-state index in [4.69, 9.17) is 4.74 Å². The molecule has 0 fully saturated rings. The Balaban J connectivity index is 1.75. The summed E-state index contributed by atoms with van der Waals surface area (Å²) in [5.41, 5.74) is 2.58. The molecule has 0 saturated heterocycles. The molecule has 1 aliphatic rings. The first-order valence-corrected chi connectivity index (χ1v) is 7.16. The Bertz CT molecular complexity index is 644. The molecule has 0 atom stereocenters. The maximum Gasteiger partial charge on any atom is 0.270 e. The summed E-state index contributed by atoms with van der Waals surface area (Å²) in [7, 11) is 0. The number of carbonyl (C=O) groups is 1. The van der Waals surface area contributed by atoms with Gasteiger partial charge >= 0.3 is 0 Å². The molecule has 102 valence electrons. The van der Waals surface area contributed by atoms with Gasteiger partial charge in [0.15, 0.2) is 0 Å². The molecule has 1 amide bonds. The van der Waals surface area contributed by atoms with Gasteiger partial charge < -0.3 is 10.1 Å². The average Bonchev–Trinajstić information content (AvgIpc) is 2.93. The minimum atomic E-state index is -0.183. The van der Waals surface area contributed by atoms with Crippen molar-refractivity contribution in [3.63, 3.8) is 0 Å². The minimum absolute atomic E-state index is 0.183. The molecule has 0 radical (unpaired) electrons. The molecular weight excluding hydrogens is 320 g/mol. The van der Waals surface area contributed by atoms with Crippen LogP contribution in [-0.4, -0.2) is 17.5 Å². The Hall–Kier alpha value is -1.88. The van der Waals surface area contributed by atoms with Gasteiger partial charge in [-0.25, -0.2) is 0 Å². The van der Waals surface area contributed by atoms with Crippen LogP contribution >= 0.6 is 15.9 Å². The molecule has 0 spiro atoms. The second-order valence-corrected chi connectivity index (χ2v) is 5.46. The smallest absolute Gasteiger partial charge is 0.270 e. The summed E-state index contributed by atoms with van der Waals surface area (Å²) < 4.78 is 6.64. The lowest BCUT2D eigenvalue weighted by Crippen LogP contribution is -2.23. The van der Waals surface area contributed by atoms with Crippen LogP contribution in [0, 0.1) is 0 Å². The van der Waals surface area contributed by atoms with Gasteiger partial charge in [0.2, 0.25) is 0 Å². The quantitative estimate of drug-likeness (QED) is 0.940. The maximum absolute atomic E-state index is 12.0. The number of nitrogens with one attached hydrogen (secondary N) is 1. The molecule has 0 aliphatic carbocycles. The summed E-state index contributed by atoms with van der Waals surface area (Å²) in [6.45, 7) is 1.13. The van der Waals surface area contributed by atoms with E-state index in [2.05, 4.69) is 32.3 Å². The molecule has 2 aromatic rings. The molecule has 1 aromatic carbocycles. The molecule has 4 nitrogen and oxygen atoms in total. The molecule has 0 saturated carbocycles. The van der Waals surface area contributed by atoms with Crippen LogP contribution in [0.1, 0.15) is 21.6 Å². The van der Waals surface area contributed by atoms with Gasteiger partial charge in [-0.15, -0.1) is 0 Å². The average molecular weight is 333 g/mol. The van der Waals surface area contributed by atoms with E-state index in [1.165, 1.54) is 5.56 Å². The number of pyridine rings is 1. The fraction of sp³-hybridized carbons (Fsp3) is 0.200. The number of amides is 1. The van der Waals surface area contributed by atoms with Crippen LogP contribution in [0.3, 0.4) is 0 Å². The minimum Gasteiger partial charge on any atom is -0.493 e. The maximum atomic E-state index is 12.0. The topological polar surface area (TPSA) is 51.2 Å². The number of carbonyl (C=O) groups excluding carboxylic acids is 1. The third-order valence-corrected chi connectivity index (χ3v) is 3.62. The van der Waals surface area contributed by atoms with Gasteiger partial charge in [0.05, 0.1) is 6.61 Å². The third kappa shape index (κ3) is 2.67. The third-order valence-electron chi connectivity index (χ3n) is 3.16. The zero-order valence-electron chi connectivity index (χ0n) is 10.7. The fourth-order valence-electron chi connectivity index (χ4n) is 2.24. The number of hydrogen-bond donors (Lipinski definition) is 1. The van der Waals surface area contributed by atoms with Crippen LogP contribution in [-0.2, 0) is 13.0 Å². The molecule has 1 aromatic heterocycles. The highest BCUT2D eigenvalue weighted by Crippen LogP contribution is 2.32. The van der Waals surface area contributed by atoms with Crippen molar-refractivity contribution in [3.8, 4) is 5.75 Å². The number of fused-ring (bicyclic) bond motifs is 1. The summed E-state index contributed by atoms with van der Waals surface area (Å²) in [6, 6.07) is 9.31. The number of ether oxygens (including phenoxy) is 1. The van der Waals surface area contributed by atoms with Crippen molar-refractivity contribution in [3.05, 3.63) is 57.8 Å². The molecule has 2 heterocycles. The molecule has 1 aliphatic heterocycles. The normalized spacial score (nSPS) is 12.7. The molecule has 0 unspecified atom stereocenters. The van der Waals surface area contributed by atoms with Crippen LogP contribution in [0.25, 0.3) is 0 Å². The predicted octanol–water partition coefficient (Wildman–Crippen LogP) is 2.71. The second kappa shape index (κ2) is 5.63. The number of nitrogens with zero attached hydrogens (tertiary/aromatic N) is 1. The van der Waals surface area contributed by atoms with Crippen molar-refractivity contribution < 1.29 is 9.53 Å². The van der Waals surface area contributed by atoms with Crippen molar-refractivity contribution in [1.29, 1.82) is 0 Å². The lowest BCUT2D eigenvalue weighted by Gasteiger charge is -2.10. The van der Waals surface area contributed by atoms with Gasteiger partial charge in [0.25, 0.3) is 5.91 Å². The lowest BCUT2D eigenvalue weighted by molar-refractivity contribution is 0.0945. The zero-order valence-corrected chi connectivity index (χ0v) is 12.3. The van der Waals surface area contributed by atoms with Crippen molar-refractivity contribution in [2.24, 2.45) is 0 Å². The first-order chi connectivity index (χ1) is 9.74. The summed E-state index contributed by atoms with van der Waals surface area (Å²) in [4.78, 5) is 16.0. The first kappa shape index (κ1) is 13.1. The second-order valence-electron chi connectivity index (χ2n) is 4.55. The number of hydrogen-bond acceptors (Lipinski definition) is 3. The Morgan fingerprint density at radius 2 is 2.30 bits per heavy atom. The van der Waals surface area contributed by atoms with E-state index < -0.39 is 0 Å². The number of rotatable bonds is 3. The molecule has 5 heteroatoms. The lowest BCUT2D eigenvalue weighted by atomic mass is 10.1. The van der Waals surface area contributed by atoms with Gasteiger partial charge in [-0.2, -0.15) is 0 Å². The highest BCUT2D eigenvalue weighted by Gasteiger charge is 2.18. The Labute approximate surface area is 125 Å². The molecule has 20 heavy (non-hydrogen) atoms. The van der Waals surface area contributed by atoms with E-state index >= 15 is 0 Å². The monoisotopic (exact) mass is 332 g/mol. The van der Waals surface area contributed by atoms with E-state index in [9.17, 15) is 4.79 Å². The number of aromatic nitrogens is 1.